The molecule has 0 fully saturated rings. The lowest BCUT2D eigenvalue weighted by Crippen LogP contribution is -2.02. The van der Waals surface area contributed by atoms with Crippen molar-refractivity contribution in [3.63, 3.8) is 0 Å². The second kappa shape index (κ2) is 3.90. The van der Waals surface area contributed by atoms with Gasteiger partial charge in [-0.15, -0.1) is 0 Å². The molecule has 1 rings (SSSR count). The van der Waals surface area contributed by atoms with E-state index in [2.05, 4.69) is 5.10 Å². The summed E-state index contributed by atoms with van der Waals surface area (Å²) in [5.74, 6) is -0.237. The third kappa shape index (κ3) is 2.74. The van der Waals surface area contributed by atoms with Crippen molar-refractivity contribution < 1.29 is 9.53 Å². The maximum absolute atomic E-state index is 10.4. The molecule has 0 unspecified atom stereocenters. The fourth-order valence-electron chi connectivity index (χ4n) is 0.914. The number of carbonyl (C=O) groups excluding carboxylic acids is 1. The van der Waals surface area contributed by atoms with Gasteiger partial charge in [-0.2, -0.15) is 5.10 Å². The fourth-order valence-corrected chi connectivity index (χ4v) is 0.914. The lowest BCUT2D eigenvalue weighted by atomic mass is 10.3. The van der Waals surface area contributed by atoms with Gasteiger partial charge in [-0.25, -0.2) is 0 Å². The Morgan fingerprint density at radius 3 is 3.00 bits per heavy atom. The van der Waals surface area contributed by atoms with E-state index in [0.717, 1.165) is 12.0 Å². The molecule has 0 saturated carbocycles. The molecule has 0 aliphatic rings. The number of aryl methyl sites for hydroxylation is 1. The first-order chi connectivity index (χ1) is 5.68. The number of hydrogen-bond donors (Lipinski definition) is 0. The van der Waals surface area contributed by atoms with Crippen molar-refractivity contribution >= 4 is 5.97 Å². The highest BCUT2D eigenvalue weighted by atomic mass is 16.5. The van der Waals surface area contributed by atoms with Gasteiger partial charge in [0.2, 0.25) is 0 Å². The molecule has 1 aromatic rings. The van der Waals surface area contributed by atoms with E-state index in [1.165, 1.54) is 6.92 Å². The van der Waals surface area contributed by atoms with Crippen LogP contribution in [0.3, 0.4) is 0 Å². The molecule has 0 aliphatic carbocycles. The smallest absolute Gasteiger partial charge is 0.302 e. The minimum Gasteiger partial charge on any atom is -0.466 e. The van der Waals surface area contributed by atoms with Crippen LogP contribution in [-0.2, 0) is 23.0 Å². The highest BCUT2D eigenvalue weighted by Crippen LogP contribution is 1.97. The molecule has 0 atom stereocenters. The number of hydrogen-bond acceptors (Lipinski definition) is 3. The van der Waals surface area contributed by atoms with Gasteiger partial charge < -0.3 is 4.74 Å². The van der Waals surface area contributed by atoms with E-state index < -0.39 is 0 Å². The lowest BCUT2D eigenvalue weighted by molar-refractivity contribution is -0.140. The van der Waals surface area contributed by atoms with Gasteiger partial charge in [-0.3, -0.25) is 9.48 Å². The summed E-state index contributed by atoms with van der Waals surface area (Å²) in [6.45, 7) is 1.84. The van der Waals surface area contributed by atoms with Crippen LogP contribution < -0.4 is 0 Å². The zero-order chi connectivity index (χ0) is 8.97. The first-order valence-corrected chi connectivity index (χ1v) is 3.79. The summed E-state index contributed by atoms with van der Waals surface area (Å²) in [5, 5.41) is 3.99. The minimum absolute atomic E-state index is 0.237. The Morgan fingerprint density at radius 1 is 1.75 bits per heavy atom. The van der Waals surface area contributed by atoms with Crippen molar-refractivity contribution in [1.82, 2.24) is 9.78 Å². The zero-order valence-corrected chi connectivity index (χ0v) is 7.28. The van der Waals surface area contributed by atoms with E-state index in [0.29, 0.717) is 6.61 Å². The molecule has 4 heteroatoms. The molecule has 0 bridgehead atoms. The highest BCUT2D eigenvalue weighted by molar-refractivity contribution is 5.65. The third-order valence-electron chi connectivity index (χ3n) is 1.45. The molecule has 1 aromatic heterocycles. The van der Waals surface area contributed by atoms with Crippen molar-refractivity contribution in [2.75, 3.05) is 6.61 Å². The Bertz CT molecular complexity index is 268. The number of nitrogens with zero attached hydrogens (tertiary/aromatic N) is 2. The van der Waals surface area contributed by atoms with Gasteiger partial charge in [-0.1, -0.05) is 0 Å². The van der Waals surface area contributed by atoms with E-state index >= 15 is 0 Å². The maximum atomic E-state index is 10.4. The summed E-state index contributed by atoms with van der Waals surface area (Å²) in [7, 11) is 1.86. The topological polar surface area (TPSA) is 44.1 Å². The summed E-state index contributed by atoms with van der Waals surface area (Å²) < 4.78 is 6.50. The van der Waals surface area contributed by atoms with Crippen LogP contribution >= 0.6 is 0 Å². The van der Waals surface area contributed by atoms with E-state index in [1.807, 2.05) is 13.2 Å². The van der Waals surface area contributed by atoms with Gasteiger partial charge in [0.05, 0.1) is 12.8 Å². The predicted octanol–water partition coefficient (Wildman–Crippen LogP) is 0.526. The fraction of sp³-hybridized carbons (Fsp3) is 0.500. The standard InChI is InChI=1S/C8H12N2O2/c1-7(11)12-4-3-8-5-9-10(2)6-8/h5-6H,3-4H2,1-2H3. The van der Waals surface area contributed by atoms with Crippen LogP contribution in [0.25, 0.3) is 0 Å². The highest BCUT2D eigenvalue weighted by Gasteiger charge is 1.97. The summed E-state index contributed by atoms with van der Waals surface area (Å²) in [6.07, 6.45) is 4.40. The Balaban J connectivity index is 2.29. The summed E-state index contributed by atoms with van der Waals surface area (Å²) in [6, 6.07) is 0. The number of carbonyl (C=O) groups is 1. The van der Waals surface area contributed by atoms with Crippen molar-refractivity contribution in [3.8, 4) is 0 Å². The SMILES string of the molecule is CC(=O)OCCc1cnn(C)c1. The minimum atomic E-state index is -0.237. The first kappa shape index (κ1) is 8.77. The van der Waals surface area contributed by atoms with Crippen LogP contribution in [0.4, 0.5) is 0 Å². The molecule has 0 saturated heterocycles. The predicted molar refractivity (Wildman–Crippen MR) is 43.5 cm³/mol. The lowest BCUT2D eigenvalue weighted by Gasteiger charge is -1.97. The molecule has 0 N–H and O–H groups in total. The number of esters is 1. The third-order valence-corrected chi connectivity index (χ3v) is 1.45. The molecule has 0 radical (unpaired) electrons. The molecule has 12 heavy (non-hydrogen) atoms. The van der Waals surface area contributed by atoms with Crippen molar-refractivity contribution in [1.29, 1.82) is 0 Å². The van der Waals surface area contributed by atoms with Gasteiger partial charge in [0, 0.05) is 26.6 Å². The van der Waals surface area contributed by atoms with Gasteiger partial charge in [0.1, 0.15) is 0 Å². The second-order valence-electron chi connectivity index (χ2n) is 2.61. The van der Waals surface area contributed by atoms with Gasteiger partial charge in [0.15, 0.2) is 0 Å². The van der Waals surface area contributed by atoms with E-state index in [4.69, 9.17) is 4.74 Å². The second-order valence-corrected chi connectivity index (χ2v) is 2.61. The number of ether oxygens (including phenoxy) is 1. The number of rotatable bonds is 3. The van der Waals surface area contributed by atoms with Crippen LogP contribution in [0.1, 0.15) is 12.5 Å². The van der Waals surface area contributed by atoms with E-state index in [9.17, 15) is 4.79 Å². The van der Waals surface area contributed by atoms with Gasteiger partial charge >= 0.3 is 5.97 Å². The molecular formula is C8H12N2O2. The van der Waals surface area contributed by atoms with Crippen LogP contribution in [-0.4, -0.2) is 22.4 Å². The van der Waals surface area contributed by atoms with Crippen LogP contribution in [0.15, 0.2) is 12.4 Å². The average molecular weight is 168 g/mol. The quantitative estimate of drug-likeness (QED) is 0.618. The number of aromatic nitrogens is 2. The van der Waals surface area contributed by atoms with Gasteiger partial charge in [0.25, 0.3) is 0 Å². The molecular weight excluding hydrogens is 156 g/mol. The molecule has 0 spiro atoms. The van der Waals surface area contributed by atoms with Crippen molar-refractivity contribution in [2.24, 2.45) is 7.05 Å². The Hall–Kier alpha value is -1.32. The van der Waals surface area contributed by atoms with Crippen LogP contribution in [0.5, 0.6) is 0 Å². The normalized spacial score (nSPS) is 9.83. The Kier molecular flexibility index (Phi) is 2.85. The summed E-state index contributed by atoms with van der Waals surface area (Å²) in [5.41, 5.74) is 1.08. The van der Waals surface area contributed by atoms with E-state index in [-0.39, 0.29) is 5.97 Å². The van der Waals surface area contributed by atoms with Crippen LogP contribution in [0.2, 0.25) is 0 Å². The summed E-state index contributed by atoms with van der Waals surface area (Å²) in [4.78, 5) is 10.4. The molecule has 0 amide bonds. The monoisotopic (exact) mass is 168 g/mol. The molecule has 4 nitrogen and oxygen atoms in total. The Labute approximate surface area is 71.1 Å². The average Bonchev–Trinajstić information content (AvgIpc) is 2.35. The van der Waals surface area contributed by atoms with E-state index in [1.54, 1.807) is 10.9 Å². The zero-order valence-electron chi connectivity index (χ0n) is 7.28. The van der Waals surface area contributed by atoms with Crippen molar-refractivity contribution in [3.05, 3.63) is 18.0 Å². The van der Waals surface area contributed by atoms with Crippen LogP contribution in [0, 0.1) is 0 Å². The van der Waals surface area contributed by atoms with Gasteiger partial charge in [-0.05, 0) is 5.56 Å². The maximum Gasteiger partial charge on any atom is 0.302 e. The molecule has 0 aliphatic heterocycles. The van der Waals surface area contributed by atoms with Crippen molar-refractivity contribution in [2.45, 2.75) is 13.3 Å². The largest absolute Gasteiger partial charge is 0.466 e. The molecule has 0 aromatic carbocycles. The first-order valence-electron chi connectivity index (χ1n) is 3.79. The molecule has 1 heterocycles. The molecule has 66 valence electrons. The summed E-state index contributed by atoms with van der Waals surface area (Å²) >= 11 is 0. The Morgan fingerprint density at radius 2 is 2.50 bits per heavy atom.